The van der Waals surface area contributed by atoms with Crippen LogP contribution >= 0.6 is 0 Å². The van der Waals surface area contributed by atoms with Crippen LogP contribution in [-0.4, -0.2) is 23.9 Å². The molecule has 0 bridgehead atoms. The van der Waals surface area contributed by atoms with Crippen LogP contribution in [0.25, 0.3) is 11.0 Å². The normalized spacial score (nSPS) is 11.2. The fraction of sp³-hybridized carbons (Fsp3) is 0.250. The van der Waals surface area contributed by atoms with Crippen molar-refractivity contribution in [2.24, 2.45) is 14.1 Å². The second-order valence-corrected chi connectivity index (χ2v) is 4.27. The Balaban J connectivity index is 2.21. The van der Waals surface area contributed by atoms with Crippen molar-refractivity contribution in [3.8, 4) is 0 Å². The van der Waals surface area contributed by atoms with Crippen LogP contribution < -0.4 is 5.69 Å². The number of hydrogen-bond donors (Lipinski definition) is 0. The minimum absolute atomic E-state index is 0.0424. The Kier molecular flexibility index (Phi) is 2.29. The smallest absolute Gasteiger partial charge is 0.319 e. The molecule has 2 aromatic heterocycles. The van der Waals surface area contributed by atoms with Gasteiger partial charge in [0.05, 0.1) is 17.6 Å². The lowest BCUT2D eigenvalue weighted by Crippen LogP contribution is -2.23. The highest BCUT2D eigenvalue weighted by atomic mass is 16.1. The van der Waals surface area contributed by atoms with Gasteiger partial charge < -0.3 is 4.57 Å². The van der Waals surface area contributed by atoms with Crippen LogP contribution in [0.3, 0.4) is 0 Å². The molecule has 0 saturated heterocycles. The minimum Gasteiger partial charge on any atom is -0.319 e. The van der Waals surface area contributed by atoms with Gasteiger partial charge in [-0.2, -0.15) is 0 Å². The first-order valence-corrected chi connectivity index (χ1v) is 5.65. The highest BCUT2D eigenvalue weighted by Crippen LogP contribution is 2.12. The summed E-state index contributed by atoms with van der Waals surface area (Å²) in [7, 11) is 3.64. The Morgan fingerprint density at radius 2 is 1.89 bits per heavy atom. The molecule has 0 aliphatic heterocycles. The summed E-state index contributed by atoms with van der Waals surface area (Å²) in [5.74, 6) is 0.758. The summed E-state index contributed by atoms with van der Waals surface area (Å²) in [5.41, 5.74) is 1.79. The van der Waals surface area contributed by atoms with Crippen molar-refractivity contribution >= 4 is 11.0 Å². The Bertz CT molecular complexity index is 764. The average molecular weight is 243 g/mol. The maximum atomic E-state index is 12.2. The molecule has 3 aromatic rings. The van der Waals surface area contributed by atoms with Gasteiger partial charge in [-0.05, 0) is 12.1 Å². The van der Waals surface area contributed by atoms with Crippen molar-refractivity contribution in [2.45, 2.75) is 6.54 Å². The molecule has 0 aliphatic carbocycles. The Hall–Kier alpha value is -2.37. The van der Waals surface area contributed by atoms with E-state index < -0.39 is 0 Å². The quantitative estimate of drug-likeness (QED) is 0.659. The van der Waals surface area contributed by atoms with Gasteiger partial charge in [-0.25, -0.2) is 4.79 Å². The van der Waals surface area contributed by atoms with E-state index in [1.165, 1.54) is 0 Å². The molecule has 0 fully saturated rings. The van der Waals surface area contributed by atoms with Gasteiger partial charge in [0.1, 0.15) is 6.33 Å². The topological polar surface area (TPSA) is 57.6 Å². The molecule has 0 radical (unpaired) electrons. The fourth-order valence-corrected chi connectivity index (χ4v) is 2.11. The zero-order valence-electron chi connectivity index (χ0n) is 10.2. The van der Waals surface area contributed by atoms with Crippen molar-refractivity contribution in [3.05, 3.63) is 46.9 Å². The summed E-state index contributed by atoms with van der Waals surface area (Å²) in [4.78, 5) is 12.2. The van der Waals surface area contributed by atoms with E-state index in [-0.39, 0.29) is 5.69 Å². The van der Waals surface area contributed by atoms with Gasteiger partial charge in [0.15, 0.2) is 5.82 Å². The fourth-order valence-electron chi connectivity index (χ4n) is 2.11. The van der Waals surface area contributed by atoms with E-state index in [0.717, 1.165) is 16.9 Å². The van der Waals surface area contributed by atoms with E-state index in [2.05, 4.69) is 10.2 Å². The molecule has 6 nitrogen and oxygen atoms in total. The maximum Gasteiger partial charge on any atom is 0.329 e. The molecular weight excluding hydrogens is 230 g/mol. The molecular formula is C12H13N5O. The predicted octanol–water partition coefficient (Wildman–Crippen LogP) is 0.517. The zero-order valence-corrected chi connectivity index (χ0v) is 10.2. The number of hydrogen-bond acceptors (Lipinski definition) is 3. The molecule has 0 aliphatic rings. The number of rotatable bonds is 2. The molecule has 0 amide bonds. The molecule has 0 N–H and O–H groups in total. The van der Waals surface area contributed by atoms with E-state index >= 15 is 0 Å². The van der Waals surface area contributed by atoms with E-state index in [0.29, 0.717) is 6.54 Å². The van der Waals surface area contributed by atoms with E-state index in [1.54, 1.807) is 22.5 Å². The second kappa shape index (κ2) is 3.83. The van der Waals surface area contributed by atoms with Crippen LogP contribution in [0.5, 0.6) is 0 Å². The third kappa shape index (κ3) is 1.46. The van der Waals surface area contributed by atoms with E-state index in [4.69, 9.17) is 0 Å². The van der Waals surface area contributed by atoms with Gasteiger partial charge >= 0.3 is 5.69 Å². The molecule has 2 heterocycles. The third-order valence-corrected chi connectivity index (χ3v) is 3.16. The van der Waals surface area contributed by atoms with Crippen LogP contribution in [0.1, 0.15) is 5.82 Å². The van der Waals surface area contributed by atoms with Crippen molar-refractivity contribution in [2.75, 3.05) is 0 Å². The molecule has 0 atom stereocenters. The number of benzene rings is 1. The summed E-state index contributed by atoms with van der Waals surface area (Å²) < 4.78 is 5.17. The van der Waals surface area contributed by atoms with E-state index in [1.807, 2.05) is 35.9 Å². The third-order valence-electron chi connectivity index (χ3n) is 3.16. The summed E-state index contributed by atoms with van der Waals surface area (Å²) >= 11 is 0. The van der Waals surface area contributed by atoms with Crippen LogP contribution in [0.4, 0.5) is 0 Å². The number of para-hydroxylation sites is 2. The van der Waals surface area contributed by atoms with Crippen molar-refractivity contribution < 1.29 is 0 Å². The molecule has 0 unspecified atom stereocenters. The summed E-state index contributed by atoms with van der Waals surface area (Å²) in [6.07, 6.45) is 1.63. The largest absolute Gasteiger partial charge is 0.329 e. The van der Waals surface area contributed by atoms with Crippen LogP contribution in [-0.2, 0) is 20.6 Å². The van der Waals surface area contributed by atoms with Crippen molar-refractivity contribution in [3.63, 3.8) is 0 Å². The summed E-state index contributed by atoms with van der Waals surface area (Å²) in [6.45, 7) is 0.427. The van der Waals surface area contributed by atoms with E-state index in [9.17, 15) is 4.79 Å². The number of aromatic nitrogens is 5. The molecule has 92 valence electrons. The van der Waals surface area contributed by atoms with Crippen molar-refractivity contribution in [1.29, 1.82) is 0 Å². The second-order valence-electron chi connectivity index (χ2n) is 4.27. The maximum absolute atomic E-state index is 12.2. The first kappa shape index (κ1) is 10.8. The van der Waals surface area contributed by atoms with Gasteiger partial charge in [-0.1, -0.05) is 12.1 Å². The Labute approximate surface area is 103 Å². The van der Waals surface area contributed by atoms with Crippen LogP contribution in [0, 0.1) is 0 Å². The molecule has 1 aromatic carbocycles. The molecule has 3 rings (SSSR count). The first-order valence-electron chi connectivity index (χ1n) is 5.65. The monoisotopic (exact) mass is 243 g/mol. The van der Waals surface area contributed by atoms with Gasteiger partial charge in [-0.3, -0.25) is 9.13 Å². The highest BCUT2D eigenvalue weighted by molar-refractivity contribution is 5.75. The highest BCUT2D eigenvalue weighted by Gasteiger charge is 2.12. The first-order chi connectivity index (χ1) is 8.68. The SMILES string of the molecule is Cn1cnnc1Cn1c(=O)n(C)c2ccccc21. The van der Waals surface area contributed by atoms with Crippen LogP contribution in [0.2, 0.25) is 0 Å². The predicted molar refractivity (Wildman–Crippen MR) is 67.3 cm³/mol. The number of nitrogens with zero attached hydrogens (tertiary/aromatic N) is 5. The lowest BCUT2D eigenvalue weighted by atomic mass is 10.3. The lowest BCUT2D eigenvalue weighted by molar-refractivity contribution is 0.673. The molecule has 6 heteroatoms. The van der Waals surface area contributed by atoms with Gasteiger partial charge in [0.25, 0.3) is 0 Å². The lowest BCUT2D eigenvalue weighted by Gasteiger charge is -2.02. The van der Waals surface area contributed by atoms with Gasteiger partial charge in [0, 0.05) is 14.1 Å². The standard InChI is InChI=1S/C12H13N5O/c1-15-8-13-14-11(15)7-17-10-6-4-3-5-9(10)16(2)12(17)18/h3-6,8H,7H2,1-2H3. The van der Waals surface area contributed by atoms with Crippen molar-refractivity contribution in [1.82, 2.24) is 23.9 Å². The number of fused-ring (bicyclic) bond motifs is 1. The van der Waals surface area contributed by atoms with Crippen LogP contribution in [0.15, 0.2) is 35.4 Å². The Morgan fingerprint density at radius 3 is 2.56 bits per heavy atom. The number of aryl methyl sites for hydroxylation is 2. The van der Waals surface area contributed by atoms with Gasteiger partial charge in [0.2, 0.25) is 0 Å². The number of imidazole rings is 1. The summed E-state index contributed by atoms with van der Waals surface area (Å²) in [5, 5.41) is 7.84. The zero-order chi connectivity index (χ0) is 12.7. The Morgan fingerprint density at radius 1 is 1.17 bits per heavy atom. The average Bonchev–Trinajstić information content (AvgIpc) is 2.88. The summed E-state index contributed by atoms with van der Waals surface area (Å²) in [6, 6.07) is 7.72. The minimum atomic E-state index is -0.0424. The molecule has 18 heavy (non-hydrogen) atoms. The van der Waals surface area contributed by atoms with Gasteiger partial charge in [-0.15, -0.1) is 10.2 Å². The molecule has 0 spiro atoms. The molecule has 0 saturated carbocycles.